The third-order valence-electron chi connectivity index (χ3n) is 2.53. The summed E-state index contributed by atoms with van der Waals surface area (Å²) in [4.78, 5) is 0.937. The summed E-state index contributed by atoms with van der Waals surface area (Å²) in [5.74, 6) is -0.338. The Labute approximate surface area is 111 Å². The van der Waals surface area contributed by atoms with Gasteiger partial charge < -0.3 is 10.9 Å². The molecule has 0 spiro atoms. The highest BCUT2D eigenvalue weighted by Gasteiger charge is 2.24. The highest BCUT2D eigenvalue weighted by molar-refractivity contribution is 7.91. The van der Waals surface area contributed by atoms with Gasteiger partial charge in [-0.2, -0.15) is 4.31 Å². The molecule has 0 fully saturated rings. The Morgan fingerprint density at radius 1 is 1.61 bits per heavy atom. The number of hydrogen-bond acceptors (Lipinski definition) is 5. The van der Waals surface area contributed by atoms with Crippen molar-refractivity contribution in [2.24, 2.45) is 16.8 Å². The van der Waals surface area contributed by atoms with Crippen LogP contribution in [0.25, 0.3) is 0 Å². The van der Waals surface area contributed by atoms with Gasteiger partial charge >= 0.3 is 0 Å². The van der Waals surface area contributed by atoms with Crippen molar-refractivity contribution in [1.29, 1.82) is 0 Å². The van der Waals surface area contributed by atoms with Crippen molar-refractivity contribution in [2.75, 3.05) is 13.6 Å². The molecule has 6 nitrogen and oxygen atoms in total. The minimum atomic E-state index is -3.50. The lowest BCUT2D eigenvalue weighted by Gasteiger charge is -2.19. The lowest BCUT2D eigenvalue weighted by molar-refractivity contribution is 0.312. The molecule has 0 saturated heterocycles. The number of nitrogens with two attached hydrogens (primary N) is 1. The first-order valence-electron chi connectivity index (χ1n) is 5.29. The molecule has 8 heteroatoms. The second-order valence-corrected chi connectivity index (χ2v) is 7.64. The normalized spacial score (nSPS) is 15.0. The Hall–Kier alpha value is -1.12. The zero-order valence-corrected chi connectivity index (χ0v) is 12.1. The van der Waals surface area contributed by atoms with Gasteiger partial charge in [-0.25, -0.2) is 8.42 Å². The number of rotatable bonds is 5. The molecular formula is C10H17N3O3S2. The predicted molar refractivity (Wildman–Crippen MR) is 71.4 cm³/mol. The van der Waals surface area contributed by atoms with Gasteiger partial charge in [0.1, 0.15) is 10.0 Å². The predicted octanol–water partition coefficient (Wildman–Crippen LogP) is 1.06. The summed E-state index contributed by atoms with van der Waals surface area (Å²) in [7, 11) is -2.02. The lowest BCUT2D eigenvalue weighted by atomic mass is 10.2. The number of nitrogens with zero attached hydrogens (tertiary/aromatic N) is 2. The van der Waals surface area contributed by atoms with Crippen LogP contribution in [0.15, 0.2) is 21.5 Å². The third kappa shape index (κ3) is 3.21. The summed E-state index contributed by atoms with van der Waals surface area (Å²) in [5, 5.41) is 11.4. The Bertz CT molecular complexity index is 536. The van der Waals surface area contributed by atoms with Gasteiger partial charge in [-0.05, 0) is 19.1 Å². The van der Waals surface area contributed by atoms with E-state index in [2.05, 4.69) is 5.16 Å². The molecule has 1 atom stereocenters. The zero-order valence-electron chi connectivity index (χ0n) is 10.5. The molecule has 1 heterocycles. The van der Waals surface area contributed by atoms with Crippen LogP contribution in [0, 0.1) is 12.8 Å². The molecule has 1 rings (SSSR count). The number of amidine groups is 1. The maximum Gasteiger partial charge on any atom is 0.252 e. The standard InChI is InChI=1S/C10H17N3O3S2/c1-7(10(11)12-14)6-13(3)18(15,16)9-5-4-8(2)17-9/h4-5,7,14H,6H2,1-3H3,(H2,11,12). The van der Waals surface area contributed by atoms with E-state index < -0.39 is 10.0 Å². The van der Waals surface area contributed by atoms with Crippen molar-refractivity contribution < 1.29 is 13.6 Å². The van der Waals surface area contributed by atoms with E-state index in [0.29, 0.717) is 4.21 Å². The van der Waals surface area contributed by atoms with Gasteiger partial charge in [0.25, 0.3) is 10.0 Å². The minimum Gasteiger partial charge on any atom is -0.409 e. The summed E-state index contributed by atoms with van der Waals surface area (Å²) < 4.78 is 25.9. The Morgan fingerprint density at radius 2 is 2.22 bits per heavy atom. The van der Waals surface area contributed by atoms with Crippen molar-refractivity contribution in [3.63, 3.8) is 0 Å². The molecule has 0 aromatic carbocycles. The quantitative estimate of drug-likeness (QED) is 0.367. The number of sulfonamides is 1. The Morgan fingerprint density at radius 3 is 2.67 bits per heavy atom. The molecular weight excluding hydrogens is 274 g/mol. The van der Waals surface area contributed by atoms with Crippen LogP contribution in [0.2, 0.25) is 0 Å². The summed E-state index contributed by atoms with van der Waals surface area (Å²) >= 11 is 1.22. The summed E-state index contributed by atoms with van der Waals surface area (Å²) in [6.07, 6.45) is 0. The smallest absolute Gasteiger partial charge is 0.252 e. The average molecular weight is 291 g/mol. The van der Waals surface area contributed by atoms with Gasteiger partial charge in [0, 0.05) is 24.4 Å². The Balaban J connectivity index is 2.87. The van der Waals surface area contributed by atoms with Gasteiger partial charge in [-0.1, -0.05) is 12.1 Å². The molecule has 0 amide bonds. The molecule has 0 saturated carbocycles. The minimum absolute atomic E-state index is 0.0133. The number of thiophene rings is 1. The van der Waals surface area contributed by atoms with Crippen LogP contribution in [0.4, 0.5) is 0 Å². The lowest BCUT2D eigenvalue weighted by Crippen LogP contribution is -2.36. The topological polar surface area (TPSA) is 96.0 Å². The van der Waals surface area contributed by atoms with E-state index in [0.717, 1.165) is 4.88 Å². The molecule has 102 valence electrons. The van der Waals surface area contributed by atoms with E-state index in [1.165, 1.54) is 22.7 Å². The van der Waals surface area contributed by atoms with Crippen LogP contribution in [0.3, 0.4) is 0 Å². The van der Waals surface area contributed by atoms with Crippen molar-refractivity contribution in [3.8, 4) is 0 Å². The number of hydrogen-bond donors (Lipinski definition) is 2. The second-order valence-electron chi connectivity index (χ2n) is 4.08. The first-order valence-corrected chi connectivity index (χ1v) is 7.55. The maximum absolute atomic E-state index is 12.2. The fraction of sp³-hybridized carbons (Fsp3) is 0.500. The SMILES string of the molecule is Cc1ccc(S(=O)(=O)N(C)CC(C)/C(N)=N/O)s1. The second kappa shape index (κ2) is 5.68. The maximum atomic E-state index is 12.2. The first kappa shape index (κ1) is 14.9. The molecule has 1 aromatic rings. The van der Waals surface area contributed by atoms with Crippen molar-refractivity contribution in [1.82, 2.24) is 4.31 Å². The van der Waals surface area contributed by atoms with Crippen LogP contribution >= 0.6 is 11.3 Å². The summed E-state index contributed by atoms with van der Waals surface area (Å²) in [6.45, 7) is 3.71. The van der Waals surface area contributed by atoms with E-state index in [1.54, 1.807) is 19.1 Å². The molecule has 0 aliphatic rings. The molecule has 3 N–H and O–H groups in total. The highest BCUT2D eigenvalue weighted by atomic mass is 32.2. The fourth-order valence-electron chi connectivity index (χ4n) is 1.38. The van der Waals surface area contributed by atoms with Crippen molar-refractivity contribution >= 4 is 27.2 Å². The molecule has 1 unspecified atom stereocenters. The van der Waals surface area contributed by atoms with E-state index in [4.69, 9.17) is 10.9 Å². The van der Waals surface area contributed by atoms with Gasteiger partial charge in [-0.15, -0.1) is 11.3 Å². The van der Waals surface area contributed by atoms with E-state index in [9.17, 15) is 8.42 Å². The highest BCUT2D eigenvalue weighted by Crippen LogP contribution is 2.23. The van der Waals surface area contributed by atoms with E-state index >= 15 is 0 Å². The molecule has 0 aliphatic heterocycles. The van der Waals surface area contributed by atoms with Crippen LogP contribution in [0.5, 0.6) is 0 Å². The summed E-state index contributed by atoms with van der Waals surface area (Å²) in [6, 6.07) is 3.35. The van der Waals surface area contributed by atoms with Crippen LogP contribution in [-0.4, -0.2) is 37.4 Å². The average Bonchev–Trinajstić information content (AvgIpc) is 2.75. The third-order valence-corrected chi connectivity index (χ3v) is 5.82. The Kier molecular flexibility index (Phi) is 4.71. The van der Waals surface area contributed by atoms with Gasteiger partial charge in [0.2, 0.25) is 0 Å². The van der Waals surface area contributed by atoms with Crippen molar-refractivity contribution in [2.45, 2.75) is 18.1 Å². The number of aryl methyl sites for hydroxylation is 1. The monoisotopic (exact) mass is 291 g/mol. The van der Waals surface area contributed by atoms with Gasteiger partial charge in [0.05, 0.1) is 0 Å². The fourth-order valence-corrected chi connectivity index (χ4v) is 4.13. The molecule has 0 radical (unpaired) electrons. The first-order chi connectivity index (χ1) is 8.28. The molecule has 0 bridgehead atoms. The molecule has 1 aromatic heterocycles. The van der Waals surface area contributed by atoms with Crippen LogP contribution in [0.1, 0.15) is 11.8 Å². The van der Waals surface area contributed by atoms with Gasteiger partial charge in [-0.3, -0.25) is 0 Å². The van der Waals surface area contributed by atoms with Crippen LogP contribution < -0.4 is 5.73 Å². The molecule has 18 heavy (non-hydrogen) atoms. The molecule has 0 aliphatic carbocycles. The zero-order chi connectivity index (χ0) is 13.9. The number of oxime groups is 1. The van der Waals surface area contributed by atoms with E-state index in [1.807, 2.05) is 6.92 Å². The largest absolute Gasteiger partial charge is 0.409 e. The van der Waals surface area contributed by atoms with E-state index in [-0.39, 0.29) is 18.3 Å². The van der Waals surface area contributed by atoms with Crippen molar-refractivity contribution in [3.05, 3.63) is 17.0 Å². The summed E-state index contributed by atoms with van der Waals surface area (Å²) in [5.41, 5.74) is 5.43. The van der Waals surface area contributed by atoms with Gasteiger partial charge in [0.15, 0.2) is 0 Å². The van der Waals surface area contributed by atoms with Crippen LogP contribution in [-0.2, 0) is 10.0 Å².